The number of rotatable bonds is 5. The molecule has 1 N–H and O–H groups in total. The molecule has 32 heavy (non-hydrogen) atoms. The van der Waals surface area contributed by atoms with Crippen LogP contribution >= 0.6 is 0 Å². The standard InChI is InChI=1S/C23H26N6O3/c1-14-22-17(16-7-6-15(31-2)12-18(16)32-3)13-21(30)24-23(22)29(27-14)20-9-8-19(25-26-20)28-10-4-5-11-28/h6-9,12,17H,4-5,10-11,13H2,1-3H3,(H,24,30)/t17-/m0/s1. The molecule has 0 unspecified atom stereocenters. The Morgan fingerprint density at radius 3 is 2.47 bits per heavy atom. The van der Waals surface area contributed by atoms with E-state index < -0.39 is 0 Å². The smallest absolute Gasteiger partial charge is 0.226 e. The summed E-state index contributed by atoms with van der Waals surface area (Å²) in [5.74, 6) is 3.18. The predicted octanol–water partition coefficient (Wildman–Crippen LogP) is 3.06. The van der Waals surface area contributed by atoms with Crippen LogP contribution in [0, 0.1) is 6.92 Å². The highest BCUT2D eigenvalue weighted by atomic mass is 16.5. The number of carbonyl (C=O) groups excluding carboxylic acids is 1. The molecule has 0 radical (unpaired) electrons. The first-order valence-electron chi connectivity index (χ1n) is 10.8. The molecule has 1 saturated heterocycles. The van der Waals surface area contributed by atoms with Crippen molar-refractivity contribution in [3.8, 4) is 17.3 Å². The normalized spacial score (nSPS) is 17.8. The highest BCUT2D eigenvalue weighted by Gasteiger charge is 2.34. The number of hydrogen-bond acceptors (Lipinski definition) is 7. The van der Waals surface area contributed by atoms with Gasteiger partial charge in [-0.3, -0.25) is 4.79 Å². The average molecular weight is 435 g/mol. The highest BCUT2D eigenvalue weighted by molar-refractivity contribution is 5.95. The van der Waals surface area contributed by atoms with Crippen LogP contribution in [0.4, 0.5) is 11.6 Å². The monoisotopic (exact) mass is 434 g/mol. The van der Waals surface area contributed by atoms with E-state index in [2.05, 4.69) is 20.4 Å². The minimum atomic E-state index is -0.190. The first kappa shape index (κ1) is 20.3. The summed E-state index contributed by atoms with van der Waals surface area (Å²) < 4.78 is 12.6. The first-order chi connectivity index (χ1) is 15.6. The summed E-state index contributed by atoms with van der Waals surface area (Å²) in [5.41, 5.74) is 2.70. The molecule has 166 valence electrons. The van der Waals surface area contributed by atoms with Crippen molar-refractivity contribution in [3.05, 3.63) is 47.2 Å². The van der Waals surface area contributed by atoms with Crippen molar-refractivity contribution in [2.45, 2.75) is 32.1 Å². The van der Waals surface area contributed by atoms with Gasteiger partial charge in [0.15, 0.2) is 11.6 Å². The highest BCUT2D eigenvalue weighted by Crippen LogP contribution is 2.43. The number of benzene rings is 1. The Balaban J connectivity index is 1.55. The van der Waals surface area contributed by atoms with Crippen molar-refractivity contribution in [3.63, 3.8) is 0 Å². The molecular weight excluding hydrogens is 408 g/mol. The van der Waals surface area contributed by atoms with Gasteiger partial charge < -0.3 is 19.7 Å². The van der Waals surface area contributed by atoms with Crippen LogP contribution in [0.3, 0.4) is 0 Å². The van der Waals surface area contributed by atoms with E-state index in [4.69, 9.17) is 14.6 Å². The van der Waals surface area contributed by atoms with E-state index in [0.717, 1.165) is 35.7 Å². The van der Waals surface area contributed by atoms with Crippen LogP contribution in [-0.2, 0) is 4.79 Å². The number of anilines is 2. The van der Waals surface area contributed by atoms with Gasteiger partial charge >= 0.3 is 0 Å². The van der Waals surface area contributed by atoms with Crippen LogP contribution in [-0.4, -0.2) is 53.2 Å². The lowest BCUT2D eigenvalue weighted by atomic mass is 9.85. The maximum absolute atomic E-state index is 12.7. The lowest BCUT2D eigenvalue weighted by Gasteiger charge is -2.25. The Labute approximate surface area is 186 Å². The molecule has 9 heteroatoms. The number of methoxy groups -OCH3 is 2. The van der Waals surface area contributed by atoms with Gasteiger partial charge in [-0.05, 0) is 38.0 Å². The minimum Gasteiger partial charge on any atom is -0.497 e. The second kappa shape index (κ2) is 8.14. The molecule has 9 nitrogen and oxygen atoms in total. The van der Waals surface area contributed by atoms with Gasteiger partial charge in [0, 0.05) is 42.6 Å². The van der Waals surface area contributed by atoms with E-state index in [1.165, 1.54) is 12.8 Å². The van der Waals surface area contributed by atoms with Gasteiger partial charge in [-0.15, -0.1) is 10.2 Å². The summed E-state index contributed by atoms with van der Waals surface area (Å²) >= 11 is 0. The summed E-state index contributed by atoms with van der Waals surface area (Å²) in [6, 6.07) is 9.53. The van der Waals surface area contributed by atoms with Gasteiger partial charge in [-0.1, -0.05) is 6.07 Å². The zero-order valence-corrected chi connectivity index (χ0v) is 18.5. The molecule has 0 saturated carbocycles. The molecule has 0 aliphatic carbocycles. The maximum Gasteiger partial charge on any atom is 0.226 e. The van der Waals surface area contributed by atoms with E-state index in [1.807, 2.05) is 37.3 Å². The largest absolute Gasteiger partial charge is 0.497 e. The fourth-order valence-electron chi connectivity index (χ4n) is 4.63. The van der Waals surface area contributed by atoms with Gasteiger partial charge in [-0.2, -0.15) is 9.78 Å². The van der Waals surface area contributed by atoms with E-state index in [-0.39, 0.29) is 11.8 Å². The third-order valence-electron chi connectivity index (χ3n) is 6.20. The van der Waals surface area contributed by atoms with E-state index in [1.54, 1.807) is 18.9 Å². The fraction of sp³-hybridized carbons (Fsp3) is 0.391. The molecule has 0 bridgehead atoms. The van der Waals surface area contributed by atoms with Crippen molar-refractivity contribution in [1.82, 2.24) is 20.0 Å². The Morgan fingerprint density at radius 1 is 1.03 bits per heavy atom. The lowest BCUT2D eigenvalue weighted by molar-refractivity contribution is -0.116. The summed E-state index contributed by atoms with van der Waals surface area (Å²) in [4.78, 5) is 14.9. The first-order valence-corrected chi connectivity index (χ1v) is 10.8. The Morgan fingerprint density at radius 2 is 1.78 bits per heavy atom. The zero-order chi connectivity index (χ0) is 22.2. The number of hydrogen-bond donors (Lipinski definition) is 1. The number of nitrogens with one attached hydrogen (secondary N) is 1. The quantitative estimate of drug-likeness (QED) is 0.659. The van der Waals surface area contributed by atoms with Gasteiger partial charge in [-0.25, -0.2) is 0 Å². The van der Waals surface area contributed by atoms with Gasteiger partial charge in [0.2, 0.25) is 5.91 Å². The maximum atomic E-state index is 12.7. The number of aromatic nitrogens is 4. The van der Waals surface area contributed by atoms with Crippen molar-refractivity contribution < 1.29 is 14.3 Å². The molecule has 4 heterocycles. The minimum absolute atomic E-state index is 0.0804. The van der Waals surface area contributed by atoms with Crippen LogP contribution < -0.4 is 19.7 Å². The number of fused-ring (bicyclic) bond motifs is 1. The van der Waals surface area contributed by atoms with Crippen molar-refractivity contribution >= 4 is 17.5 Å². The van der Waals surface area contributed by atoms with Crippen LogP contribution in [0.25, 0.3) is 5.82 Å². The second-order valence-corrected chi connectivity index (χ2v) is 8.12. The van der Waals surface area contributed by atoms with Crippen LogP contribution in [0.15, 0.2) is 30.3 Å². The third kappa shape index (κ3) is 3.43. The third-order valence-corrected chi connectivity index (χ3v) is 6.20. The van der Waals surface area contributed by atoms with Gasteiger partial charge in [0.1, 0.15) is 17.3 Å². The van der Waals surface area contributed by atoms with Crippen LogP contribution in [0.2, 0.25) is 0 Å². The summed E-state index contributed by atoms with van der Waals surface area (Å²) in [7, 11) is 3.24. The van der Waals surface area contributed by atoms with Gasteiger partial charge in [0.25, 0.3) is 0 Å². The van der Waals surface area contributed by atoms with Crippen molar-refractivity contribution in [1.29, 1.82) is 0 Å². The molecule has 2 aliphatic heterocycles. The van der Waals surface area contributed by atoms with Crippen molar-refractivity contribution in [2.24, 2.45) is 0 Å². The fourth-order valence-corrected chi connectivity index (χ4v) is 4.63. The van der Waals surface area contributed by atoms with Crippen molar-refractivity contribution in [2.75, 3.05) is 37.5 Å². The summed E-state index contributed by atoms with van der Waals surface area (Å²) in [5, 5.41) is 16.5. The molecule has 5 rings (SSSR count). The lowest BCUT2D eigenvalue weighted by Crippen LogP contribution is -2.25. The Hall–Kier alpha value is -3.62. The Kier molecular flexibility index (Phi) is 5.16. The van der Waals surface area contributed by atoms with Gasteiger partial charge in [0.05, 0.1) is 19.9 Å². The molecular formula is C23H26N6O3. The SMILES string of the molecule is COc1ccc([C@@H]2CC(=O)Nc3c2c(C)nn3-c2ccc(N3CCCC3)nn2)c(OC)c1. The molecule has 1 aromatic carbocycles. The molecule has 3 aromatic rings. The molecule has 0 spiro atoms. The van der Waals surface area contributed by atoms with E-state index >= 15 is 0 Å². The molecule has 2 aliphatic rings. The number of ether oxygens (including phenoxy) is 2. The topological polar surface area (TPSA) is 94.4 Å². The second-order valence-electron chi connectivity index (χ2n) is 8.12. The average Bonchev–Trinajstić information content (AvgIpc) is 3.47. The molecule has 1 amide bonds. The molecule has 2 aromatic heterocycles. The van der Waals surface area contributed by atoms with E-state index in [9.17, 15) is 4.79 Å². The number of aryl methyl sites for hydroxylation is 1. The molecule has 1 fully saturated rings. The Bertz CT molecular complexity index is 1150. The predicted molar refractivity (Wildman–Crippen MR) is 120 cm³/mol. The molecule has 1 atom stereocenters. The van der Waals surface area contributed by atoms with Crippen LogP contribution in [0.1, 0.15) is 42.0 Å². The van der Waals surface area contributed by atoms with E-state index in [0.29, 0.717) is 29.6 Å². The summed E-state index contributed by atoms with van der Waals surface area (Å²) in [6.07, 6.45) is 2.66. The number of nitrogens with zero attached hydrogens (tertiary/aromatic N) is 5. The number of carbonyl (C=O) groups is 1. The zero-order valence-electron chi connectivity index (χ0n) is 18.5. The number of amides is 1. The summed E-state index contributed by atoms with van der Waals surface area (Å²) in [6.45, 7) is 3.96. The van der Waals surface area contributed by atoms with Crippen LogP contribution in [0.5, 0.6) is 11.5 Å².